The van der Waals surface area contributed by atoms with E-state index in [1.165, 1.54) is 14.2 Å². The molecule has 0 spiro atoms. The van der Waals surface area contributed by atoms with Crippen molar-refractivity contribution >= 4 is 11.9 Å². The van der Waals surface area contributed by atoms with Gasteiger partial charge in [0.15, 0.2) is 11.5 Å². The van der Waals surface area contributed by atoms with Gasteiger partial charge in [-0.3, -0.25) is 14.5 Å². The average molecular weight is 353 g/mol. The molecular weight excluding hydrogens is 326 g/mol. The smallest absolute Gasteiger partial charge is 0.319 e. The lowest BCUT2D eigenvalue weighted by Gasteiger charge is -2.20. The van der Waals surface area contributed by atoms with Crippen LogP contribution in [0, 0.1) is 0 Å². The van der Waals surface area contributed by atoms with E-state index in [0.29, 0.717) is 24.5 Å². The first-order valence-electron chi connectivity index (χ1n) is 8.09. The first-order valence-corrected chi connectivity index (χ1v) is 8.09. The fourth-order valence-corrected chi connectivity index (χ4v) is 2.22. The Morgan fingerprint density at radius 3 is 2.08 bits per heavy atom. The lowest BCUT2D eigenvalue weighted by atomic mass is 10.1. The van der Waals surface area contributed by atoms with Crippen LogP contribution in [0.2, 0.25) is 0 Å². The molecule has 0 saturated heterocycles. The second-order valence-electron chi connectivity index (χ2n) is 5.76. The fraction of sp³-hybridized carbons (Fsp3) is 0.556. The summed E-state index contributed by atoms with van der Waals surface area (Å²) in [5.74, 6) is 0.533. The third kappa shape index (κ3) is 7.43. The summed E-state index contributed by atoms with van der Waals surface area (Å²) >= 11 is 0. The predicted octanol–water partition coefficient (Wildman–Crippen LogP) is 1.67. The van der Waals surface area contributed by atoms with Crippen molar-refractivity contribution < 1.29 is 28.5 Å². The minimum absolute atomic E-state index is 0.0249. The Bertz CT molecular complexity index is 555. The van der Waals surface area contributed by atoms with Crippen LogP contribution in [0.25, 0.3) is 0 Å². The van der Waals surface area contributed by atoms with Gasteiger partial charge in [0, 0.05) is 6.54 Å². The van der Waals surface area contributed by atoms with Gasteiger partial charge in [-0.2, -0.15) is 0 Å². The van der Waals surface area contributed by atoms with Gasteiger partial charge in [-0.25, -0.2) is 0 Å². The van der Waals surface area contributed by atoms with E-state index < -0.39 is 11.9 Å². The van der Waals surface area contributed by atoms with E-state index in [9.17, 15) is 9.59 Å². The van der Waals surface area contributed by atoms with Gasteiger partial charge in [0.25, 0.3) is 0 Å². The Labute approximate surface area is 148 Å². The van der Waals surface area contributed by atoms with E-state index in [0.717, 1.165) is 5.56 Å². The number of carbonyl (C=O) groups excluding carboxylic acids is 2. The van der Waals surface area contributed by atoms with Crippen molar-refractivity contribution in [2.45, 2.75) is 26.4 Å². The first-order chi connectivity index (χ1) is 11.9. The molecule has 25 heavy (non-hydrogen) atoms. The molecule has 1 rings (SSSR count). The second-order valence-corrected chi connectivity index (χ2v) is 5.76. The van der Waals surface area contributed by atoms with Crippen molar-refractivity contribution in [1.82, 2.24) is 4.90 Å². The molecule has 0 saturated carbocycles. The number of carbonyl (C=O) groups is 2. The summed E-state index contributed by atoms with van der Waals surface area (Å²) in [4.78, 5) is 24.7. The second kappa shape index (κ2) is 10.6. The van der Waals surface area contributed by atoms with E-state index >= 15 is 0 Å². The zero-order chi connectivity index (χ0) is 18.8. The number of rotatable bonds is 10. The van der Waals surface area contributed by atoms with Crippen LogP contribution in [-0.4, -0.2) is 63.9 Å². The number of esters is 2. The highest BCUT2D eigenvalue weighted by atomic mass is 16.5. The Kier molecular flexibility index (Phi) is 8.77. The van der Waals surface area contributed by atoms with Crippen molar-refractivity contribution in [3.63, 3.8) is 0 Å². The normalized spacial score (nSPS) is 10.7. The maximum atomic E-state index is 11.5. The minimum atomic E-state index is -0.400. The zero-order valence-electron chi connectivity index (χ0n) is 15.5. The van der Waals surface area contributed by atoms with Crippen molar-refractivity contribution in [3.05, 3.63) is 23.8 Å². The molecule has 0 aromatic heterocycles. The van der Waals surface area contributed by atoms with E-state index in [1.54, 1.807) is 12.0 Å². The summed E-state index contributed by atoms with van der Waals surface area (Å²) in [5.41, 5.74) is 1.01. The van der Waals surface area contributed by atoms with Crippen LogP contribution in [0.4, 0.5) is 0 Å². The highest BCUT2D eigenvalue weighted by Gasteiger charge is 2.16. The summed E-state index contributed by atoms with van der Waals surface area (Å²) < 4.78 is 20.4. The summed E-state index contributed by atoms with van der Waals surface area (Å²) in [6.45, 7) is 4.44. The molecule has 0 bridgehead atoms. The molecule has 0 radical (unpaired) electrons. The van der Waals surface area contributed by atoms with Gasteiger partial charge in [-0.1, -0.05) is 6.07 Å². The van der Waals surface area contributed by atoms with Gasteiger partial charge >= 0.3 is 11.9 Å². The molecule has 0 aliphatic carbocycles. The van der Waals surface area contributed by atoms with Crippen molar-refractivity contribution in [2.75, 3.05) is 41.0 Å². The van der Waals surface area contributed by atoms with Crippen LogP contribution in [-0.2, 0) is 25.5 Å². The molecular formula is C18H27NO6. The van der Waals surface area contributed by atoms with Crippen LogP contribution in [0.1, 0.15) is 19.4 Å². The Morgan fingerprint density at radius 2 is 1.60 bits per heavy atom. The van der Waals surface area contributed by atoms with Crippen LogP contribution in [0.5, 0.6) is 11.5 Å². The van der Waals surface area contributed by atoms with Crippen LogP contribution >= 0.6 is 0 Å². The SMILES string of the molecule is COC(=O)CN(CCc1ccc(OC)c(OC(C)C)c1)CC(=O)OC. The molecule has 0 fully saturated rings. The monoisotopic (exact) mass is 353 g/mol. The Hall–Kier alpha value is -2.28. The highest BCUT2D eigenvalue weighted by molar-refractivity contribution is 5.74. The number of benzene rings is 1. The molecule has 0 aliphatic rings. The van der Waals surface area contributed by atoms with E-state index in [-0.39, 0.29) is 19.2 Å². The number of ether oxygens (including phenoxy) is 4. The van der Waals surface area contributed by atoms with Crippen LogP contribution < -0.4 is 9.47 Å². The summed E-state index contributed by atoms with van der Waals surface area (Å²) in [6.07, 6.45) is 0.659. The quantitative estimate of drug-likeness (QED) is 0.592. The van der Waals surface area contributed by atoms with Crippen LogP contribution in [0.15, 0.2) is 18.2 Å². The van der Waals surface area contributed by atoms with Gasteiger partial charge < -0.3 is 18.9 Å². The topological polar surface area (TPSA) is 74.3 Å². The van der Waals surface area contributed by atoms with Gasteiger partial charge in [0.05, 0.1) is 40.5 Å². The van der Waals surface area contributed by atoms with Gasteiger partial charge in [-0.15, -0.1) is 0 Å². The predicted molar refractivity (Wildman–Crippen MR) is 92.9 cm³/mol. The number of hydrogen-bond acceptors (Lipinski definition) is 7. The number of methoxy groups -OCH3 is 3. The average Bonchev–Trinajstić information content (AvgIpc) is 2.58. The van der Waals surface area contributed by atoms with E-state index in [2.05, 4.69) is 9.47 Å². The maximum absolute atomic E-state index is 11.5. The molecule has 0 atom stereocenters. The molecule has 7 heteroatoms. The van der Waals surface area contributed by atoms with Crippen molar-refractivity contribution in [1.29, 1.82) is 0 Å². The molecule has 1 aromatic rings. The largest absolute Gasteiger partial charge is 0.493 e. The summed E-state index contributed by atoms with van der Waals surface area (Å²) in [5, 5.41) is 0. The van der Waals surface area contributed by atoms with Crippen molar-refractivity contribution in [3.8, 4) is 11.5 Å². The van der Waals surface area contributed by atoms with Gasteiger partial charge in [0.1, 0.15) is 0 Å². The fourth-order valence-electron chi connectivity index (χ4n) is 2.22. The molecule has 1 aromatic carbocycles. The molecule has 0 amide bonds. The van der Waals surface area contributed by atoms with E-state index in [1.807, 2.05) is 32.0 Å². The molecule has 0 heterocycles. The Morgan fingerprint density at radius 1 is 1.00 bits per heavy atom. The summed E-state index contributed by atoms with van der Waals surface area (Å²) in [7, 11) is 4.23. The van der Waals surface area contributed by atoms with Crippen molar-refractivity contribution in [2.24, 2.45) is 0 Å². The highest BCUT2D eigenvalue weighted by Crippen LogP contribution is 2.29. The maximum Gasteiger partial charge on any atom is 0.319 e. The lowest BCUT2D eigenvalue weighted by Crippen LogP contribution is -2.37. The molecule has 140 valence electrons. The molecule has 0 aliphatic heterocycles. The zero-order valence-corrected chi connectivity index (χ0v) is 15.5. The third-order valence-electron chi connectivity index (χ3n) is 3.47. The third-order valence-corrected chi connectivity index (χ3v) is 3.47. The number of hydrogen-bond donors (Lipinski definition) is 0. The van der Waals surface area contributed by atoms with Gasteiger partial charge in [0.2, 0.25) is 0 Å². The number of nitrogens with zero attached hydrogens (tertiary/aromatic N) is 1. The standard InChI is InChI=1S/C18H27NO6/c1-13(2)25-16-10-14(6-7-15(16)22-3)8-9-19(11-17(20)23-4)12-18(21)24-5/h6-7,10,13H,8-9,11-12H2,1-5H3. The molecule has 0 unspecified atom stereocenters. The Balaban J connectivity index is 2.79. The van der Waals surface area contributed by atoms with Gasteiger partial charge in [-0.05, 0) is 38.0 Å². The molecule has 7 nitrogen and oxygen atoms in total. The minimum Gasteiger partial charge on any atom is -0.493 e. The lowest BCUT2D eigenvalue weighted by molar-refractivity contribution is -0.145. The summed E-state index contributed by atoms with van der Waals surface area (Å²) in [6, 6.07) is 5.69. The first kappa shape index (κ1) is 20.8. The van der Waals surface area contributed by atoms with E-state index in [4.69, 9.17) is 9.47 Å². The molecule has 0 N–H and O–H groups in total. The van der Waals surface area contributed by atoms with Crippen LogP contribution in [0.3, 0.4) is 0 Å².